The molecule has 0 aliphatic carbocycles. The van der Waals surface area contributed by atoms with Gasteiger partial charge in [0.25, 0.3) is 0 Å². The number of hydrogen-bond acceptors (Lipinski definition) is 7. The molecule has 1 heterocycles. The molecule has 3 rings (SSSR count). The molecule has 0 aliphatic heterocycles. The number of benzene rings is 2. The van der Waals surface area contributed by atoms with Gasteiger partial charge in [-0.15, -0.1) is 5.10 Å². The van der Waals surface area contributed by atoms with Crippen LogP contribution in [0.5, 0.6) is 11.5 Å². The second-order valence-electron chi connectivity index (χ2n) is 6.74. The van der Waals surface area contributed by atoms with Gasteiger partial charge in [0.2, 0.25) is 11.8 Å². The first kappa shape index (κ1) is 22.1. The van der Waals surface area contributed by atoms with Gasteiger partial charge in [-0.1, -0.05) is 24.3 Å². The maximum Gasteiger partial charge on any atom is 0.437 e. The van der Waals surface area contributed by atoms with Crippen molar-refractivity contribution >= 4 is 5.91 Å². The van der Waals surface area contributed by atoms with Gasteiger partial charge in [0.15, 0.2) is 11.5 Å². The Morgan fingerprint density at radius 1 is 1.13 bits per heavy atom. The lowest BCUT2D eigenvalue weighted by atomic mass is 10.1. The summed E-state index contributed by atoms with van der Waals surface area (Å²) in [6.45, 7) is 2.44. The Bertz CT molecular complexity index is 1060. The number of carbonyl (C=O) groups is 1. The van der Waals surface area contributed by atoms with Crippen LogP contribution in [0.3, 0.4) is 0 Å². The molecule has 31 heavy (non-hydrogen) atoms. The molecule has 164 valence electrons. The van der Waals surface area contributed by atoms with E-state index in [9.17, 15) is 9.59 Å². The fourth-order valence-corrected chi connectivity index (χ4v) is 2.92. The molecule has 1 N–H and O–H groups in total. The summed E-state index contributed by atoms with van der Waals surface area (Å²) >= 11 is 0. The van der Waals surface area contributed by atoms with Crippen molar-refractivity contribution in [2.75, 3.05) is 27.4 Å². The van der Waals surface area contributed by atoms with E-state index in [4.69, 9.17) is 18.6 Å². The van der Waals surface area contributed by atoms with Gasteiger partial charge in [0.05, 0.1) is 19.8 Å². The highest BCUT2D eigenvalue weighted by atomic mass is 16.5. The van der Waals surface area contributed by atoms with Gasteiger partial charge < -0.3 is 23.9 Å². The molecule has 0 fully saturated rings. The largest absolute Gasteiger partial charge is 0.493 e. The normalized spacial score (nSPS) is 11.7. The minimum Gasteiger partial charge on any atom is -0.493 e. The monoisotopic (exact) mass is 427 g/mol. The Morgan fingerprint density at radius 2 is 1.90 bits per heavy atom. The number of methoxy groups -OCH3 is 2. The average Bonchev–Trinajstić information content (AvgIpc) is 3.14. The van der Waals surface area contributed by atoms with Crippen molar-refractivity contribution in [2.45, 2.75) is 19.5 Å². The zero-order valence-electron chi connectivity index (χ0n) is 17.7. The lowest BCUT2D eigenvalue weighted by Crippen LogP contribution is -2.33. The predicted octanol–water partition coefficient (Wildman–Crippen LogP) is 2.41. The second-order valence-corrected chi connectivity index (χ2v) is 6.74. The zero-order chi connectivity index (χ0) is 22.2. The molecule has 1 aromatic heterocycles. The number of hydrogen-bond donors (Lipinski definition) is 1. The van der Waals surface area contributed by atoms with Crippen LogP contribution in [0, 0.1) is 0 Å². The van der Waals surface area contributed by atoms with Crippen LogP contribution in [-0.4, -0.2) is 43.1 Å². The quantitative estimate of drug-likeness (QED) is 0.496. The Kier molecular flexibility index (Phi) is 7.45. The maximum atomic E-state index is 12.5. The fraction of sp³-hybridized carbons (Fsp3) is 0.318. The first-order chi connectivity index (χ1) is 15.0. The van der Waals surface area contributed by atoms with Crippen LogP contribution in [0.15, 0.2) is 57.7 Å². The number of amides is 1. The highest BCUT2D eigenvalue weighted by molar-refractivity contribution is 5.76. The van der Waals surface area contributed by atoms with Crippen LogP contribution >= 0.6 is 0 Å². The topological polar surface area (TPSA) is 105 Å². The molecule has 0 spiro atoms. The summed E-state index contributed by atoms with van der Waals surface area (Å²) in [4.78, 5) is 24.5. The van der Waals surface area contributed by atoms with E-state index in [-0.39, 0.29) is 24.4 Å². The SMILES string of the molecule is COCCOc1ccc(C(C)NC(=O)Cn2nc(-c3ccccc3)oc2=O)cc1OC. The lowest BCUT2D eigenvalue weighted by Gasteiger charge is -2.17. The molecule has 1 unspecified atom stereocenters. The van der Waals surface area contributed by atoms with Crippen molar-refractivity contribution in [3.8, 4) is 23.0 Å². The van der Waals surface area contributed by atoms with Crippen LogP contribution in [0.25, 0.3) is 11.5 Å². The van der Waals surface area contributed by atoms with Crippen molar-refractivity contribution < 1.29 is 23.4 Å². The molecule has 0 saturated heterocycles. The smallest absolute Gasteiger partial charge is 0.437 e. The van der Waals surface area contributed by atoms with Gasteiger partial charge in [-0.3, -0.25) is 4.79 Å². The molecule has 0 radical (unpaired) electrons. The molecule has 1 amide bonds. The summed E-state index contributed by atoms with van der Waals surface area (Å²) in [5, 5.41) is 6.95. The number of carbonyl (C=O) groups excluding carboxylic acids is 1. The van der Waals surface area contributed by atoms with E-state index in [1.54, 1.807) is 38.5 Å². The Labute approximate surface area is 179 Å². The third-order valence-electron chi connectivity index (χ3n) is 4.53. The number of ether oxygens (including phenoxy) is 3. The van der Waals surface area contributed by atoms with Crippen molar-refractivity contribution in [1.82, 2.24) is 15.1 Å². The zero-order valence-corrected chi connectivity index (χ0v) is 17.7. The number of rotatable bonds is 10. The summed E-state index contributed by atoms with van der Waals surface area (Å²) in [5.41, 5.74) is 1.48. The Balaban J connectivity index is 1.64. The van der Waals surface area contributed by atoms with E-state index >= 15 is 0 Å². The van der Waals surface area contributed by atoms with E-state index in [1.165, 1.54) is 0 Å². The summed E-state index contributed by atoms with van der Waals surface area (Å²) in [6.07, 6.45) is 0. The molecule has 3 aromatic rings. The molecule has 2 aromatic carbocycles. The molecule has 0 aliphatic rings. The van der Waals surface area contributed by atoms with Gasteiger partial charge in [-0.2, -0.15) is 4.68 Å². The van der Waals surface area contributed by atoms with Crippen LogP contribution in [0.2, 0.25) is 0 Å². The summed E-state index contributed by atoms with van der Waals surface area (Å²) in [6, 6.07) is 14.1. The van der Waals surface area contributed by atoms with Crippen LogP contribution in [0.4, 0.5) is 0 Å². The first-order valence-electron chi connectivity index (χ1n) is 9.74. The van der Waals surface area contributed by atoms with Gasteiger partial charge >= 0.3 is 5.76 Å². The Hall–Kier alpha value is -3.59. The summed E-state index contributed by atoms with van der Waals surface area (Å²) in [7, 11) is 3.15. The number of nitrogens with one attached hydrogen (secondary N) is 1. The van der Waals surface area contributed by atoms with Crippen molar-refractivity contribution in [1.29, 1.82) is 0 Å². The van der Waals surface area contributed by atoms with Crippen molar-refractivity contribution in [3.05, 3.63) is 64.6 Å². The standard InChI is InChI=1S/C22H25N3O6/c1-15(17-9-10-18(19(13-17)29-3)30-12-11-28-2)23-20(26)14-25-22(27)31-21(24-25)16-7-5-4-6-8-16/h4-10,13,15H,11-12,14H2,1-3H3,(H,23,26). The third kappa shape index (κ3) is 5.73. The van der Waals surface area contributed by atoms with Gasteiger partial charge in [0.1, 0.15) is 13.2 Å². The van der Waals surface area contributed by atoms with E-state index in [0.717, 1.165) is 10.2 Å². The number of nitrogens with zero attached hydrogens (tertiary/aromatic N) is 2. The molecule has 1 atom stereocenters. The van der Waals surface area contributed by atoms with E-state index in [2.05, 4.69) is 10.4 Å². The van der Waals surface area contributed by atoms with Gasteiger partial charge in [-0.05, 0) is 36.8 Å². The van der Waals surface area contributed by atoms with E-state index < -0.39 is 5.76 Å². The minimum absolute atomic E-state index is 0.167. The minimum atomic E-state index is -0.694. The lowest BCUT2D eigenvalue weighted by molar-refractivity contribution is -0.122. The molecule has 0 bridgehead atoms. The third-order valence-corrected chi connectivity index (χ3v) is 4.53. The van der Waals surface area contributed by atoms with E-state index in [0.29, 0.717) is 30.3 Å². The second kappa shape index (κ2) is 10.4. The van der Waals surface area contributed by atoms with Crippen molar-refractivity contribution in [3.63, 3.8) is 0 Å². The van der Waals surface area contributed by atoms with Gasteiger partial charge in [-0.25, -0.2) is 4.79 Å². The average molecular weight is 427 g/mol. The predicted molar refractivity (Wildman–Crippen MR) is 113 cm³/mol. The van der Waals surface area contributed by atoms with Crippen LogP contribution < -0.4 is 20.5 Å². The molecule has 9 nitrogen and oxygen atoms in total. The van der Waals surface area contributed by atoms with Crippen molar-refractivity contribution in [2.24, 2.45) is 0 Å². The van der Waals surface area contributed by atoms with Crippen LogP contribution in [0.1, 0.15) is 18.5 Å². The van der Waals surface area contributed by atoms with Gasteiger partial charge in [0, 0.05) is 12.7 Å². The number of aromatic nitrogens is 2. The molecular formula is C22H25N3O6. The highest BCUT2D eigenvalue weighted by Gasteiger charge is 2.16. The molecular weight excluding hydrogens is 402 g/mol. The Morgan fingerprint density at radius 3 is 2.61 bits per heavy atom. The maximum absolute atomic E-state index is 12.5. The first-order valence-corrected chi connectivity index (χ1v) is 9.74. The fourth-order valence-electron chi connectivity index (χ4n) is 2.92. The highest BCUT2D eigenvalue weighted by Crippen LogP contribution is 2.30. The van der Waals surface area contributed by atoms with E-state index in [1.807, 2.05) is 31.2 Å². The summed E-state index contributed by atoms with van der Waals surface area (Å²) < 4.78 is 22.1. The van der Waals surface area contributed by atoms with Crippen LogP contribution in [-0.2, 0) is 16.1 Å². The molecule has 9 heteroatoms. The summed E-state index contributed by atoms with van der Waals surface area (Å²) in [5.74, 6) is 0.238. The molecule has 0 saturated carbocycles.